The second kappa shape index (κ2) is 6.45. The van der Waals surface area contributed by atoms with E-state index in [1.165, 1.54) is 0 Å². The molecular weight excluding hydrogens is 160 g/mol. The fraction of sp³-hybridized carbons (Fsp3) is 0.714. The first-order chi connectivity index (χ1) is 5.63. The molecule has 0 saturated carbocycles. The molecule has 0 aromatic carbocycles. The standard InChI is InChI=1S/C7H13N2O3/c8-7(12)9-5-3-1-2-4-6(10)11/h8H,1-5H2,(H,9,12)(H,10,11). The minimum atomic E-state index is -0.792. The number of aliphatic carboxylic acids is 1. The summed E-state index contributed by atoms with van der Waals surface area (Å²) in [5, 5.41) is 10.6. The number of urea groups is 1. The SMILES string of the molecule is [NH]C(=O)NCCCCCC(=O)O. The van der Waals surface area contributed by atoms with Gasteiger partial charge in [0, 0.05) is 13.0 Å². The van der Waals surface area contributed by atoms with Gasteiger partial charge in [-0.05, 0) is 12.8 Å². The number of carbonyl (C=O) groups is 2. The molecule has 5 nitrogen and oxygen atoms in total. The maximum absolute atomic E-state index is 10.0. The Morgan fingerprint density at radius 1 is 1.25 bits per heavy atom. The van der Waals surface area contributed by atoms with E-state index in [0.717, 1.165) is 12.8 Å². The molecule has 0 saturated heterocycles. The highest BCUT2D eigenvalue weighted by molar-refractivity contribution is 5.70. The fourth-order valence-corrected chi connectivity index (χ4v) is 0.780. The van der Waals surface area contributed by atoms with Crippen molar-refractivity contribution in [2.75, 3.05) is 6.54 Å². The highest BCUT2D eigenvalue weighted by Gasteiger charge is 1.96. The Balaban J connectivity index is 3.01. The van der Waals surface area contributed by atoms with Crippen LogP contribution in [0.1, 0.15) is 25.7 Å². The van der Waals surface area contributed by atoms with Crippen molar-refractivity contribution in [2.24, 2.45) is 0 Å². The number of carbonyl (C=O) groups excluding carboxylic acids is 1. The molecule has 0 fully saturated rings. The van der Waals surface area contributed by atoms with Crippen LogP contribution in [0.15, 0.2) is 0 Å². The quantitative estimate of drug-likeness (QED) is 0.577. The minimum Gasteiger partial charge on any atom is -0.481 e. The van der Waals surface area contributed by atoms with Gasteiger partial charge in [0.05, 0.1) is 0 Å². The van der Waals surface area contributed by atoms with Crippen molar-refractivity contribution in [3.63, 3.8) is 0 Å². The van der Waals surface area contributed by atoms with Crippen molar-refractivity contribution in [1.29, 1.82) is 0 Å². The third kappa shape index (κ3) is 8.74. The van der Waals surface area contributed by atoms with Crippen LogP contribution >= 0.6 is 0 Å². The molecule has 0 unspecified atom stereocenters. The van der Waals surface area contributed by atoms with E-state index in [1.807, 2.05) is 0 Å². The van der Waals surface area contributed by atoms with Crippen molar-refractivity contribution in [2.45, 2.75) is 25.7 Å². The number of carboxylic acid groups (broad SMARTS) is 1. The fourth-order valence-electron chi connectivity index (χ4n) is 0.780. The monoisotopic (exact) mass is 173 g/mol. The first kappa shape index (κ1) is 10.7. The Bertz CT molecular complexity index is 141. The van der Waals surface area contributed by atoms with Crippen LogP contribution in [0.25, 0.3) is 0 Å². The first-order valence-electron chi connectivity index (χ1n) is 3.84. The van der Waals surface area contributed by atoms with Gasteiger partial charge in [0.15, 0.2) is 0 Å². The molecule has 0 aliphatic carbocycles. The van der Waals surface area contributed by atoms with E-state index in [4.69, 9.17) is 10.8 Å². The third-order valence-electron chi connectivity index (χ3n) is 1.35. The molecule has 0 heterocycles. The van der Waals surface area contributed by atoms with Crippen molar-refractivity contribution in [3.8, 4) is 0 Å². The predicted octanol–water partition coefficient (Wildman–Crippen LogP) is 0.624. The van der Waals surface area contributed by atoms with Crippen LogP contribution in [0.2, 0.25) is 0 Å². The third-order valence-corrected chi connectivity index (χ3v) is 1.35. The van der Waals surface area contributed by atoms with Crippen LogP contribution in [-0.4, -0.2) is 23.7 Å². The summed E-state index contributed by atoms with van der Waals surface area (Å²) < 4.78 is 0. The zero-order valence-corrected chi connectivity index (χ0v) is 6.80. The topological polar surface area (TPSA) is 90.2 Å². The first-order valence-corrected chi connectivity index (χ1v) is 3.84. The van der Waals surface area contributed by atoms with Crippen LogP contribution < -0.4 is 11.1 Å². The van der Waals surface area contributed by atoms with Gasteiger partial charge in [-0.15, -0.1) is 0 Å². The summed E-state index contributed by atoms with van der Waals surface area (Å²) in [6, 6.07) is -0.784. The second-order valence-corrected chi connectivity index (χ2v) is 2.46. The molecule has 0 rings (SSSR count). The summed E-state index contributed by atoms with van der Waals surface area (Å²) in [4.78, 5) is 20.1. The number of unbranched alkanes of at least 4 members (excludes halogenated alkanes) is 2. The summed E-state index contributed by atoms with van der Waals surface area (Å²) in [6.07, 6.45) is 2.31. The lowest BCUT2D eigenvalue weighted by molar-refractivity contribution is -0.137. The molecular formula is C7H13N2O3. The maximum atomic E-state index is 10.0. The van der Waals surface area contributed by atoms with E-state index in [1.54, 1.807) is 0 Å². The molecule has 0 atom stereocenters. The average Bonchev–Trinajstić information content (AvgIpc) is 1.95. The van der Waals surface area contributed by atoms with Gasteiger partial charge < -0.3 is 10.4 Å². The molecule has 0 aliphatic rings. The number of nitrogens with one attached hydrogen (secondary N) is 2. The van der Waals surface area contributed by atoms with E-state index in [9.17, 15) is 9.59 Å². The smallest absolute Gasteiger partial charge is 0.333 e. The van der Waals surface area contributed by atoms with Crippen molar-refractivity contribution in [1.82, 2.24) is 11.1 Å². The number of rotatable bonds is 6. The summed E-state index contributed by atoms with van der Waals surface area (Å²) in [5.74, 6) is -0.792. The minimum absolute atomic E-state index is 0.175. The highest BCUT2D eigenvalue weighted by atomic mass is 16.4. The normalized spacial score (nSPS) is 9.33. The molecule has 0 aromatic heterocycles. The zero-order valence-electron chi connectivity index (χ0n) is 6.80. The van der Waals surface area contributed by atoms with Gasteiger partial charge in [-0.3, -0.25) is 4.79 Å². The molecule has 1 radical (unpaired) electrons. The van der Waals surface area contributed by atoms with E-state index < -0.39 is 12.0 Å². The van der Waals surface area contributed by atoms with E-state index in [0.29, 0.717) is 13.0 Å². The molecule has 2 amide bonds. The molecule has 69 valence electrons. The van der Waals surface area contributed by atoms with Gasteiger partial charge in [0.1, 0.15) is 0 Å². The molecule has 0 spiro atoms. The largest absolute Gasteiger partial charge is 0.481 e. The van der Waals surface area contributed by atoms with Crippen LogP contribution in [0.4, 0.5) is 4.79 Å². The average molecular weight is 173 g/mol. The molecule has 12 heavy (non-hydrogen) atoms. The predicted molar refractivity (Wildman–Crippen MR) is 42.6 cm³/mol. The van der Waals surface area contributed by atoms with Gasteiger partial charge in [0.25, 0.3) is 0 Å². The number of amides is 2. The lowest BCUT2D eigenvalue weighted by Crippen LogP contribution is -2.23. The van der Waals surface area contributed by atoms with Crippen LogP contribution in [-0.2, 0) is 4.79 Å². The lowest BCUT2D eigenvalue weighted by atomic mass is 10.2. The van der Waals surface area contributed by atoms with Crippen molar-refractivity contribution >= 4 is 12.0 Å². The molecule has 0 aromatic rings. The van der Waals surface area contributed by atoms with Gasteiger partial charge >= 0.3 is 12.0 Å². The Labute approximate surface area is 70.9 Å². The van der Waals surface area contributed by atoms with Gasteiger partial charge in [-0.1, -0.05) is 6.42 Å². The number of carboxylic acids is 1. The summed E-state index contributed by atoms with van der Waals surface area (Å²) in [7, 11) is 0. The molecule has 0 bridgehead atoms. The van der Waals surface area contributed by atoms with E-state index in [2.05, 4.69) is 5.32 Å². The van der Waals surface area contributed by atoms with Crippen LogP contribution in [0, 0.1) is 0 Å². The summed E-state index contributed by atoms with van der Waals surface area (Å²) in [5.41, 5.74) is 6.48. The van der Waals surface area contributed by atoms with E-state index in [-0.39, 0.29) is 6.42 Å². The number of hydrogen-bond acceptors (Lipinski definition) is 2. The summed E-state index contributed by atoms with van der Waals surface area (Å²) in [6.45, 7) is 0.460. The zero-order chi connectivity index (χ0) is 9.40. The summed E-state index contributed by atoms with van der Waals surface area (Å²) >= 11 is 0. The van der Waals surface area contributed by atoms with Crippen LogP contribution in [0.3, 0.4) is 0 Å². The number of hydrogen-bond donors (Lipinski definition) is 2. The van der Waals surface area contributed by atoms with Gasteiger partial charge in [-0.25, -0.2) is 10.5 Å². The van der Waals surface area contributed by atoms with Crippen LogP contribution in [0.5, 0.6) is 0 Å². The Morgan fingerprint density at radius 3 is 2.42 bits per heavy atom. The highest BCUT2D eigenvalue weighted by Crippen LogP contribution is 1.98. The van der Waals surface area contributed by atoms with Crippen molar-refractivity contribution in [3.05, 3.63) is 0 Å². The van der Waals surface area contributed by atoms with Gasteiger partial charge in [0.2, 0.25) is 0 Å². The Hall–Kier alpha value is -1.26. The van der Waals surface area contributed by atoms with Gasteiger partial charge in [-0.2, -0.15) is 0 Å². The second-order valence-electron chi connectivity index (χ2n) is 2.46. The molecule has 5 heteroatoms. The Kier molecular flexibility index (Phi) is 5.77. The molecule has 3 N–H and O–H groups in total. The Morgan fingerprint density at radius 2 is 1.92 bits per heavy atom. The maximum Gasteiger partial charge on any atom is 0.333 e. The lowest BCUT2D eigenvalue weighted by Gasteiger charge is -1.99. The van der Waals surface area contributed by atoms with Crippen molar-refractivity contribution < 1.29 is 14.7 Å². The molecule has 0 aliphatic heterocycles. The van der Waals surface area contributed by atoms with E-state index >= 15 is 0 Å².